The topological polar surface area (TPSA) is 65.5 Å². The molecule has 0 fully saturated rings. The Labute approximate surface area is 147 Å². The van der Waals surface area contributed by atoms with Gasteiger partial charge in [-0.3, -0.25) is 9.79 Å². The predicted molar refractivity (Wildman–Crippen MR) is 99.7 cm³/mol. The molecule has 0 saturated heterocycles. The number of hydrogen-bond donors (Lipinski definition) is 3. The van der Waals surface area contributed by atoms with Gasteiger partial charge in [-0.05, 0) is 43.4 Å². The molecule has 1 aromatic carbocycles. The summed E-state index contributed by atoms with van der Waals surface area (Å²) in [6, 6.07) is 4.97. The fourth-order valence-corrected chi connectivity index (χ4v) is 2.72. The van der Waals surface area contributed by atoms with Gasteiger partial charge in [0, 0.05) is 38.4 Å². The van der Waals surface area contributed by atoms with E-state index in [1.54, 1.807) is 30.9 Å². The summed E-state index contributed by atoms with van der Waals surface area (Å²) in [6.07, 6.45) is 2.37. The first-order valence-corrected chi connectivity index (χ1v) is 9.35. The summed E-state index contributed by atoms with van der Waals surface area (Å²) in [5, 5.41) is 9.14. The first kappa shape index (κ1) is 20.3. The van der Waals surface area contributed by atoms with E-state index < -0.39 is 0 Å². The molecule has 0 spiro atoms. The molecule has 7 heteroatoms. The molecular formula is C17H27FN4OS. The van der Waals surface area contributed by atoms with Gasteiger partial charge in [-0.2, -0.15) is 11.8 Å². The minimum atomic E-state index is -0.221. The summed E-state index contributed by atoms with van der Waals surface area (Å²) >= 11 is 1.65. The normalized spacial score (nSPS) is 11.5. The second-order valence-electron chi connectivity index (χ2n) is 5.67. The highest BCUT2D eigenvalue weighted by Crippen LogP contribution is 2.16. The number of nitrogens with zero attached hydrogens (tertiary/aromatic N) is 1. The molecule has 134 valence electrons. The second-order valence-corrected chi connectivity index (χ2v) is 6.54. The Morgan fingerprint density at radius 2 is 2.04 bits per heavy atom. The van der Waals surface area contributed by atoms with Gasteiger partial charge >= 0.3 is 0 Å². The van der Waals surface area contributed by atoms with Gasteiger partial charge in [0.05, 0.1) is 0 Å². The van der Waals surface area contributed by atoms with Crippen LogP contribution in [0.3, 0.4) is 0 Å². The number of amides is 1. The Balaban J connectivity index is 2.48. The molecule has 24 heavy (non-hydrogen) atoms. The van der Waals surface area contributed by atoms with Crippen LogP contribution in [0, 0.1) is 5.82 Å². The minimum Gasteiger partial charge on any atom is -0.356 e. The predicted octanol–water partition coefficient (Wildman–Crippen LogP) is 2.27. The maximum Gasteiger partial charge on any atom is 0.221 e. The number of guanidine groups is 1. The fourth-order valence-electron chi connectivity index (χ4n) is 2.14. The molecule has 1 aromatic rings. The van der Waals surface area contributed by atoms with Crippen LogP contribution in [0.1, 0.15) is 31.4 Å². The van der Waals surface area contributed by atoms with E-state index in [9.17, 15) is 9.18 Å². The number of nitrogens with one attached hydrogen (secondary N) is 3. The van der Waals surface area contributed by atoms with E-state index in [4.69, 9.17) is 0 Å². The van der Waals surface area contributed by atoms with Crippen molar-refractivity contribution in [3.8, 4) is 0 Å². The van der Waals surface area contributed by atoms with Crippen molar-refractivity contribution in [2.45, 2.75) is 38.6 Å². The van der Waals surface area contributed by atoms with Crippen LogP contribution in [0.2, 0.25) is 0 Å². The molecule has 0 atom stereocenters. The molecule has 5 nitrogen and oxygen atoms in total. The van der Waals surface area contributed by atoms with Crippen molar-refractivity contribution < 1.29 is 9.18 Å². The summed E-state index contributed by atoms with van der Waals surface area (Å²) in [5.41, 5.74) is 2.01. The maximum atomic E-state index is 13.4. The van der Waals surface area contributed by atoms with E-state index in [-0.39, 0.29) is 17.8 Å². The monoisotopic (exact) mass is 354 g/mol. The van der Waals surface area contributed by atoms with Crippen LogP contribution in [0.15, 0.2) is 23.2 Å². The van der Waals surface area contributed by atoms with E-state index in [1.165, 1.54) is 6.07 Å². The summed E-state index contributed by atoms with van der Waals surface area (Å²) in [5.74, 6) is 1.16. The van der Waals surface area contributed by atoms with Crippen molar-refractivity contribution in [2.75, 3.05) is 19.8 Å². The fraction of sp³-hybridized carbons (Fsp3) is 0.529. The van der Waals surface area contributed by atoms with Gasteiger partial charge in [0.15, 0.2) is 5.96 Å². The molecule has 0 bridgehead atoms. The molecular weight excluding hydrogens is 327 g/mol. The SMILES string of the molecule is CN=C(NCCC(=O)NC(C)C)NCc1ccc(F)cc1CSC. The van der Waals surface area contributed by atoms with Crippen LogP contribution in [0.5, 0.6) is 0 Å². The van der Waals surface area contributed by atoms with E-state index in [1.807, 2.05) is 20.1 Å². The van der Waals surface area contributed by atoms with Gasteiger partial charge in [-0.1, -0.05) is 6.07 Å². The van der Waals surface area contributed by atoms with Gasteiger partial charge in [-0.25, -0.2) is 4.39 Å². The number of benzene rings is 1. The smallest absolute Gasteiger partial charge is 0.221 e. The first-order chi connectivity index (χ1) is 11.5. The second kappa shape index (κ2) is 10.9. The van der Waals surface area contributed by atoms with E-state index in [0.717, 1.165) is 16.9 Å². The largest absolute Gasteiger partial charge is 0.356 e. The molecule has 1 amide bonds. The lowest BCUT2D eigenvalue weighted by molar-refractivity contribution is -0.121. The van der Waals surface area contributed by atoms with Crippen molar-refractivity contribution in [3.63, 3.8) is 0 Å². The van der Waals surface area contributed by atoms with E-state index >= 15 is 0 Å². The lowest BCUT2D eigenvalue weighted by Crippen LogP contribution is -2.39. The zero-order valence-corrected chi connectivity index (χ0v) is 15.6. The number of rotatable bonds is 8. The van der Waals surface area contributed by atoms with Crippen molar-refractivity contribution in [1.82, 2.24) is 16.0 Å². The van der Waals surface area contributed by atoms with Crippen LogP contribution in [-0.2, 0) is 17.1 Å². The summed E-state index contributed by atoms with van der Waals surface area (Å²) in [6.45, 7) is 4.91. The van der Waals surface area contributed by atoms with E-state index in [0.29, 0.717) is 25.5 Å². The summed E-state index contributed by atoms with van der Waals surface area (Å²) in [4.78, 5) is 15.7. The first-order valence-electron chi connectivity index (χ1n) is 7.96. The van der Waals surface area contributed by atoms with Crippen molar-refractivity contribution in [3.05, 3.63) is 35.1 Å². The Hall–Kier alpha value is -1.76. The lowest BCUT2D eigenvalue weighted by atomic mass is 10.1. The highest BCUT2D eigenvalue weighted by Gasteiger charge is 2.07. The average Bonchev–Trinajstić information content (AvgIpc) is 2.51. The molecule has 0 unspecified atom stereocenters. The number of carbonyl (C=O) groups excluding carboxylic acids is 1. The Morgan fingerprint density at radius 3 is 2.67 bits per heavy atom. The third-order valence-electron chi connectivity index (χ3n) is 3.23. The molecule has 0 radical (unpaired) electrons. The van der Waals surface area contributed by atoms with Gasteiger partial charge in [0.1, 0.15) is 5.82 Å². The number of hydrogen-bond acceptors (Lipinski definition) is 3. The number of thioether (sulfide) groups is 1. The zero-order chi connectivity index (χ0) is 17.9. The van der Waals surface area contributed by atoms with Crippen molar-refractivity contribution >= 4 is 23.6 Å². The number of carbonyl (C=O) groups is 1. The highest BCUT2D eigenvalue weighted by molar-refractivity contribution is 7.97. The number of halogens is 1. The van der Waals surface area contributed by atoms with E-state index in [2.05, 4.69) is 20.9 Å². The Morgan fingerprint density at radius 1 is 1.29 bits per heavy atom. The molecule has 0 aromatic heterocycles. The zero-order valence-electron chi connectivity index (χ0n) is 14.8. The molecule has 0 aliphatic rings. The highest BCUT2D eigenvalue weighted by atomic mass is 32.2. The quantitative estimate of drug-likeness (QED) is 0.495. The molecule has 0 saturated carbocycles. The third kappa shape index (κ3) is 7.68. The van der Waals surface area contributed by atoms with Crippen LogP contribution in [0.25, 0.3) is 0 Å². The average molecular weight is 354 g/mol. The van der Waals surface area contributed by atoms with Gasteiger partial charge in [0.25, 0.3) is 0 Å². The van der Waals surface area contributed by atoms with Crippen LogP contribution < -0.4 is 16.0 Å². The Bertz CT molecular complexity index is 564. The van der Waals surface area contributed by atoms with Crippen molar-refractivity contribution in [1.29, 1.82) is 0 Å². The maximum absolute atomic E-state index is 13.4. The lowest BCUT2D eigenvalue weighted by Gasteiger charge is -2.14. The minimum absolute atomic E-state index is 0.00810. The third-order valence-corrected chi connectivity index (χ3v) is 3.83. The Kier molecular flexibility index (Phi) is 9.22. The van der Waals surface area contributed by atoms with Gasteiger partial charge in [-0.15, -0.1) is 0 Å². The van der Waals surface area contributed by atoms with Gasteiger partial charge < -0.3 is 16.0 Å². The van der Waals surface area contributed by atoms with Gasteiger partial charge in [0.2, 0.25) is 5.91 Å². The van der Waals surface area contributed by atoms with Crippen molar-refractivity contribution in [2.24, 2.45) is 4.99 Å². The van der Waals surface area contributed by atoms with Crippen LogP contribution >= 0.6 is 11.8 Å². The van der Waals surface area contributed by atoms with Crippen LogP contribution in [0.4, 0.5) is 4.39 Å². The molecule has 0 heterocycles. The summed E-state index contributed by atoms with van der Waals surface area (Å²) < 4.78 is 13.4. The number of aliphatic imine (C=N–C) groups is 1. The molecule has 0 aliphatic carbocycles. The molecule has 0 aliphatic heterocycles. The molecule has 1 rings (SSSR count). The summed E-state index contributed by atoms with van der Waals surface area (Å²) in [7, 11) is 1.68. The molecule has 3 N–H and O–H groups in total. The standard InChI is InChI=1S/C17H27FN4OS/c1-12(2)22-16(23)7-8-20-17(19-3)21-10-13-5-6-15(18)9-14(13)11-24-4/h5-6,9,12H,7-8,10-11H2,1-4H3,(H,22,23)(H2,19,20,21). The van der Waals surface area contributed by atoms with Crippen LogP contribution in [-0.4, -0.2) is 37.8 Å².